The average Bonchev–Trinajstić information content (AvgIpc) is 2.05. The first-order valence-corrected chi connectivity index (χ1v) is 3.74. The number of rotatable bonds is 2. The summed E-state index contributed by atoms with van der Waals surface area (Å²) in [5.74, 6) is -1.02. The summed E-state index contributed by atoms with van der Waals surface area (Å²) >= 11 is 5.69. The number of aliphatic imine (C=N–C) groups is 1. The van der Waals surface area contributed by atoms with Gasteiger partial charge in [-0.2, -0.15) is 0 Å². The molecular weight excluding hydrogens is 182 g/mol. The monoisotopic (exact) mass is 189 g/mol. The Kier molecular flexibility index (Phi) is 2.83. The van der Waals surface area contributed by atoms with E-state index in [2.05, 4.69) is 4.99 Å². The van der Waals surface area contributed by atoms with Gasteiger partial charge in [0.2, 0.25) is 0 Å². The highest BCUT2D eigenvalue weighted by Gasteiger charge is 2.21. The SMILES string of the molecule is COC1C=C(C(=O)O)C=NC1Cl. The van der Waals surface area contributed by atoms with Gasteiger partial charge in [-0.25, -0.2) is 4.79 Å². The molecule has 0 amide bonds. The fourth-order valence-electron chi connectivity index (χ4n) is 0.843. The topological polar surface area (TPSA) is 58.9 Å². The van der Waals surface area contributed by atoms with E-state index in [1.807, 2.05) is 0 Å². The number of hydrogen-bond donors (Lipinski definition) is 1. The number of nitrogens with zero attached hydrogens (tertiary/aromatic N) is 1. The van der Waals surface area contributed by atoms with Gasteiger partial charge < -0.3 is 9.84 Å². The summed E-state index contributed by atoms with van der Waals surface area (Å²) in [6.07, 6.45) is 2.21. The van der Waals surface area contributed by atoms with E-state index in [-0.39, 0.29) is 5.57 Å². The molecule has 0 spiro atoms. The molecule has 2 unspecified atom stereocenters. The van der Waals surface area contributed by atoms with Crippen LogP contribution in [0.2, 0.25) is 0 Å². The van der Waals surface area contributed by atoms with Crippen molar-refractivity contribution in [2.45, 2.75) is 11.6 Å². The Morgan fingerprint density at radius 1 is 1.83 bits per heavy atom. The number of dihydropyridines is 1. The normalized spacial score (nSPS) is 28.3. The van der Waals surface area contributed by atoms with Gasteiger partial charge in [-0.3, -0.25) is 4.99 Å². The highest BCUT2D eigenvalue weighted by Crippen LogP contribution is 2.15. The third kappa shape index (κ3) is 1.84. The second-order valence-electron chi connectivity index (χ2n) is 2.28. The number of alkyl halides is 1. The van der Waals surface area contributed by atoms with Crippen molar-refractivity contribution in [3.63, 3.8) is 0 Å². The van der Waals surface area contributed by atoms with Crippen LogP contribution in [0.15, 0.2) is 16.6 Å². The number of carboxylic acid groups (broad SMARTS) is 1. The van der Waals surface area contributed by atoms with E-state index < -0.39 is 17.6 Å². The van der Waals surface area contributed by atoms with Crippen LogP contribution in [0.3, 0.4) is 0 Å². The van der Waals surface area contributed by atoms with Crippen LogP contribution < -0.4 is 0 Å². The lowest BCUT2D eigenvalue weighted by atomic mass is 10.1. The van der Waals surface area contributed by atoms with Gasteiger partial charge in [0.25, 0.3) is 0 Å². The van der Waals surface area contributed by atoms with E-state index in [0.29, 0.717) is 0 Å². The van der Waals surface area contributed by atoms with Crippen molar-refractivity contribution in [3.05, 3.63) is 11.6 Å². The van der Waals surface area contributed by atoms with E-state index in [9.17, 15) is 4.79 Å². The van der Waals surface area contributed by atoms with E-state index in [4.69, 9.17) is 21.4 Å². The lowest BCUT2D eigenvalue weighted by Crippen LogP contribution is -2.25. The fraction of sp³-hybridized carbons (Fsp3) is 0.429. The van der Waals surface area contributed by atoms with Crippen molar-refractivity contribution in [2.24, 2.45) is 4.99 Å². The van der Waals surface area contributed by atoms with E-state index in [1.54, 1.807) is 0 Å². The molecular formula is C7H8ClNO3. The third-order valence-corrected chi connectivity index (χ3v) is 1.85. The molecule has 0 bridgehead atoms. The molecule has 0 aromatic rings. The number of carbonyl (C=O) groups is 1. The molecule has 0 fully saturated rings. The molecule has 5 heteroatoms. The Balaban J connectivity index is 2.80. The molecule has 1 rings (SSSR count). The minimum absolute atomic E-state index is 0.110. The van der Waals surface area contributed by atoms with Crippen molar-refractivity contribution in [1.82, 2.24) is 0 Å². The molecule has 0 radical (unpaired) electrons. The summed E-state index contributed by atoms with van der Waals surface area (Å²) < 4.78 is 4.90. The third-order valence-electron chi connectivity index (χ3n) is 1.49. The fourth-order valence-corrected chi connectivity index (χ4v) is 1.07. The highest BCUT2D eigenvalue weighted by molar-refractivity contribution is 6.22. The molecule has 1 aliphatic rings. The summed E-state index contributed by atoms with van der Waals surface area (Å²) in [6, 6.07) is 0. The molecule has 12 heavy (non-hydrogen) atoms. The largest absolute Gasteiger partial charge is 0.478 e. The van der Waals surface area contributed by atoms with Gasteiger partial charge in [-0.05, 0) is 6.08 Å². The number of halogens is 1. The van der Waals surface area contributed by atoms with Gasteiger partial charge in [0, 0.05) is 13.3 Å². The summed E-state index contributed by atoms with van der Waals surface area (Å²) in [7, 11) is 1.46. The molecule has 0 aliphatic carbocycles. The second kappa shape index (κ2) is 3.69. The van der Waals surface area contributed by atoms with Crippen LogP contribution in [0.4, 0.5) is 0 Å². The number of hydrogen-bond acceptors (Lipinski definition) is 3. The summed E-state index contributed by atoms with van der Waals surface area (Å²) in [5.41, 5.74) is -0.420. The number of ether oxygens (including phenoxy) is 1. The Morgan fingerprint density at radius 3 is 3.00 bits per heavy atom. The average molecular weight is 190 g/mol. The van der Waals surface area contributed by atoms with Crippen LogP contribution in [0, 0.1) is 0 Å². The smallest absolute Gasteiger partial charge is 0.337 e. The number of aliphatic carboxylic acids is 1. The van der Waals surface area contributed by atoms with Gasteiger partial charge in [-0.1, -0.05) is 11.6 Å². The van der Waals surface area contributed by atoms with Crippen molar-refractivity contribution in [2.75, 3.05) is 7.11 Å². The zero-order valence-electron chi connectivity index (χ0n) is 6.40. The maximum Gasteiger partial charge on any atom is 0.337 e. The van der Waals surface area contributed by atoms with Crippen LogP contribution in [-0.2, 0) is 9.53 Å². The van der Waals surface area contributed by atoms with Crippen molar-refractivity contribution in [1.29, 1.82) is 0 Å². The number of carboxylic acids is 1. The van der Waals surface area contributed by atoms with Gasteiger partial charge in [0.15, 0.2) is 5.50 Å². The molecule has 2 atom stereocenters. The standard InChI is InChI=1S/C7H8ClNO3/c1-12-5-2-4(7(10)11)3-9-6(5)8/h2-3,5-6H,1H3,(H,10,11). The van der Waals surface area contributed by atoms with Gasteiger partial charge >= 0.3 is 5.97 Å². The molecule has 0 aromatic heterocycles. The van der Waals surface area contributed by atoms with Gasteiger partial charge in [0.05, 0.1) is 5.57 Å². The van der Waals surface area contributed by atoms with E-state index in [0.717, 1.165) is 0 Å². The van der Waals surface area contributed by atoms with Crippen molar-refractivity contribution >= 4 is 23.8 Å². The molecule has 1 aliphatic heterocycles. The Labute approximate surface area is 74.5 Å². The maximum absolute atomic E-state index is 10.5. The predicted octanol–water partition coefficient (Wildman–Crippen LogP) is 0.662. The molecule has 66 valence electrons. The highest BCUT2D eigenvalue weighted by atomic mass is 35.5. The summed E-state index contributed by atoms with van der Waals surface area (Å²) in [6.45, 7) is 0. The minimum Gasteiger partial charge on any atom is -0.478 e. The lowest BCUT2D eigenvalue weighted by Gasteiger charge is -2.17. The van der Waals surface area contributed by atoms with Gasteiger partial charge in [-0.15, -0.1) is 0 Å². The second-order valence-corrected chi connectivity index (χ2v) is 2.73. The Bertz CT molecular complexity index is 249. The lowest BCUT2D eigenvalue weighted by molar-refractivity contribution is -0.132. The van der Waals surface area contributed by atoms with Crippen LogP contribution in [0.1, 0.15) is 0 Å². The predicted molar refractivity (Wildman–Crippen MR) is 44.6 cm³/mol. The Hall–Kier alpha value is -0.870. The zero-order chi connectivity index (χ0) is 9.14. The maximum atomic E-state index is 10.5. The molecule has 1 N–H and O–H groups in total. The summed E-state index contributed by atoms with van der Waals surface area (Å²) in [4.78, 5) is 14.2. The first-order valence-electron chi connectivity index (χ1n) is 3.30. The van der Waals surface area contributed by atoms with Crippen LogP contribution in [0.5, 0.6) is 0 Å². The molecule has 0 saturated carbocycles. The molecule has 4 nitrogen and oxygen atoms in total. The Morgan fingerprint density at radius 2 is 2.50 bits per heavy atom. The van der Waals surface area contributed by atoms with Crippen molar-refractivity contribution < 1.29 is 14.6 Å². The minimum atomic E-state index is -1.02. The van der Waals surface area contributed by atoms with Gasteiger partial charge in [0.1, 0.15) is 6.10 Å². The molecule has 1 heterocycles. The van der Waals surface area contributed by atoms with Crippen LogP contribution in [-0.4, -0.2) is 36.0 Å². The van der Waals surface area contributed by atoms with E-state index >= 15 is 0 Å². The number of methoxy groups -OCH3 is 1. The van der Waals surface area contributed by atoms with Crippen LogP contribution >= 0.6 is 11.6 Å². The quantitative estimate of drug-likeness (QED) is 0.513. The van der Waals surface area contributed by atoms with E-state index in [1.165, 1.54) is 19.4 Å². The molecule has 0 aromatic carbocycles. The van der Waals surface area contributed by atoms with Crippen molar-refractivity contribution in [3.8, 4) is 0 Å². The first kappa shape index (κ1) is 9.22. The molecule has 0 saturated heterocycles. The zero-order valence-corrected chi connectivity index (χ0v) is 7.15. The summed E-state index contributed by atoms with van der Waals surface area (Å²) in [5, 5.41) is 8.58. The van der Waals surface area contributed by atoms with Crippen LogP contribution in [0.25, 0.3) is 0 Å². The first-order chi connectivity index (χ1) is 5.65.